The molecule has 2 rings (SSSR count). The van der Waals surface area contributed by atoms with Gasteiger partial charge in [-0.25, -0.2) is 4.79 Å². The minimum atomic E-state index is -0.979. The highest BCUT2D eigenvalue weighted by atomic mass is 16.4. The first-order valence-corrected chi connectivity index (χ1v) is 5.66. The van der Waals surface area contributed by atoms with Gasteiger partial charge in [0.2, 0.25) is 0 Å². The topological polar surface area (TPSA) is 83.6 Å². The molecule has 0 aliphatic heterocycles. The molecule has 2 aromatic carbocycles. The van der Waals surface area contributed by atoms with Crippen LogP contribution >= 0.6 is 0 Å². The summed E-state index contributed by atoms with van der Waals surface area (Å²) in [5.74, 6) is -0.931. The summed E-state index contributed by atoms with van der Waals surface area (Å²) in [7, 11) is 0. The van der Waals surface area contributed by atoms with Gasteiger partial charge in [0.1, 0.15) is 5.75 Å². The third kappa shape index (κ3) is 3.13. The Kier molecular flexibility index (Phi) is 3.52. The molecule has 0 fully saturated rings. The summed E-state index contributed by atoms with van der Waals surface area (Å²) < 4.78 is 0. The quantitative estimate of drug-likeness (QED) is 0.447. The van der Waals surface area contributed by atoms with Crippen LogP contribution in [0.3, 0.4) is 0 Å². The van der Waals surface area contributed by atoms with E-state index in [1.807, 2.05) is 30.3 Å². The third-order valence-corrected chi connectivity index (χ3v) is 2.69. The lowest BCUT2D eigenvalue weighted by molar-refractivity contribution is -0.131. The second-order valence-corrected chi connectivity index (χ2v) is 4.07. The number of aliphatic carboxylic acids is 1. The van der Waals surface area contributed by atoms with Crippen molar-refractivity contribution in [3.63, 3.8) is 0 Å². The van der Waals surface area contributed by atoms with Crippen molar-refractivity contribution in [2.24, 2.45) is 0 Å². The zero-order chi connectivity index (χ0) is 13.8. The summed E-state index contributed by atoms with van der Waals surface area (Å²) in [6.45, 7) is 0. The van der Waals surface area contributed by atoms with Crippen LogP contribution in [0, 0.1) is 0 Å². The Hall–Kier alpha value is -2.75. The van der Waals surface area contributed by atoms with Crippen molar-refractivity contribution in [3.05, 3.63) is 54.1 Å². The molecular weight excluding hydrogens is 242 g/mol. The second kappa shape index (κ2) is 5.27. The number of carbonyl (C=O) groups is 1. The largest absolute Gasteiger partial charge is 0.506 e. The van der Waals surface area contributed by atoms with E-state index >= 15 is 0 Å². The minimum Gasteiger partial charge on any atom is -0.506 e. The smallest absolute Gasteiger partial charge is 0.328 e. The Morgan fingerprint density at radius 1 is 1.05 bits per heavy atom. The van der Waals surface area contributed by atoms with Crippen LogP contribution < -0.4 is 5.73 Å². The van der Waals surface area contributed by atoms with Crippen molar-refractivity contribution in [2.45, 2.75) is 0 Å². The van der Waals surface area contributed by atoms with Gasteiger partial charge in [-0.2, -0.15) is 0 Å². The van der Waals surface area contributed by atoms with Crippen molar-refractivity contribution in [1.29, 1.82) is 0 Å². The maximum Gasteiger partial charge on any atom is 0.328 e. The SMILES string of the molecule is Nc1ccc(-c2ccc(/C=C/C(=O)O)cc2)cc1O. The van der Waals surface area contributed by atoms with E-state index in [2.05, 4.69) is 0 Å². The molecule has 0 saturated carbocycles. The number of rotatable bonds is 3. The summed E-state index contributed by atoms with van der Waals surface area (Å²) in [6, 6.07) is 12.4. The van der Waals surface area contributed by atoms with Crippen molar-refractivity contribution < 1.29 is 15.0 Å². The first-order valence-electron chi connectivity index (χ1n) is 5.66. The van der Waals surface area contributed by atoms with Gasteiger partial charge in [-0.1, -0.05) is 30.3 Å². The molecule has 0 atom stereocenters. The first-order chi connectivity index (χ1) is 9.06. The summed E-state index contributed by atoms with van der Waals surface area (Å²) in [4.78, 5) is 10.4. The molecule has 0 aromatic heterocycles. The number of phenols is 1. The number of anilines is 1. The van der Waals surface area contributed by atoms with Gasteiger partial charge in [-0.3, -0.25) is 0 Å². The van der Waals surface area contributed by atoms with Gasteiger partial charge in [0.15, 0.2) is 0 Å². The van der Waals surface area contributed by atoms with Crippen molar-refractivity contribution in [1.82, 2.24) is 0 Å². The van der Waals surface area contributed by atoms with Crippen molar-refractivity contribution >= 4 is 17.7 Å². The molecule has 0 saturated heterocycles. The first kappa shape index (κ1) is 12.7. The van der Waals surface area contributed by atoms with Crippen LogP contribution in [0.15, 0.2) is 48.5 Å². The molecule has 0 heterocycles. The number of nitrogen functional groups attached to an aromatic ring is 1. The van der Waals surface area contributed by atoms with Crippen LogP contribution in [0.25, 0.3) is 17.2 Å². The maximum absolute atomic E-state index is 10.4. The van der Waals surface area contributed by atoms with E-state index in [0.29, 0.717) is 5.69 Å². The van der Waals surface area contributed by atoms with Crippen LogP contribution in [-0.2, 0) is 4.79 Å². The molecule has 0 amide bonds. The summed E-state index contributed by atoms with van der Waals surface area (Å²) >= 11 is 0. The monoisotopic (exact) mass is 255 g/mol. The minimum absolute atomic E-state index is 0.0485. The molecule has 19 heavy (non-hydrogen) atoms. The van der Waals surface area contributed by atoms with Gasteiger partial charge in [0.05, 0.1) is 5.69 Å². The maximum atomic E-state index is 10.4. The van der Waals surface area contributed by atoms with Crippen LogP contribution in [0.2, 0.25) is 0 Å². The fourth-order valence-electron chi connectivity index (χ4n) is 1.68. The summed E-state index contributed by atoms with van der Waals surface area (Å²) in [5, 5.41) is 18.1. The molecule has 0 aliphatic rings. The van der Waals surface area contributed by atoms with Gasteiger partial charge in [-0.05, 0) is 34.9 Å². The number of carboxylic acids is 1. The van der Waals surface area contributed by atoms with E-state index in [0.717, 1.165) is 22.8 Å². The molecule has 0 spiro atoms. The van der Waals surface area contributed by atoms with Gasteiger partial charge < -0.3 is 15.9 Å². The Balaban J connectivity index is 2.27. The summed E-state index contributed by atoms with van der Waals surface area (Å²) in [6.07, 6.45) is 2.61. The predicted molar refractivity (Wildman–Crippen MR) is 74.6 cm³/mol. The molecule has 0 aliphatic carbocycles. The molecule has 0 bridgehead atoms. The average molecular weight is 255 g/mol. The van der Waals surface area contributed by atoms with Crippen LogP contribution in [0.1, 0.15) is 5.56 Å². The number of nitrogens with two attached hydrogens (primary N) is 1. The predicted octanol–water partition coefficient (Wildman–Crippen LogP) is 2.74. The van der Waals surface area contributed by atoms with Crippen LogP contribution in [0.5, 0.6) is 5.75 Å². The zero-order valence-electron chi connectivity index (χ0n) is 10.1. The van der Waals surface area contributed by atoms with Crippen molar-refractivity contribution in [2.75, 3.05) is 5.73 Å². The highest BCUT2D eigenvalue weighted by Crippen LogP contribution is 2.28. The van der Waals surface area contributed by atoms with E-state index in [-0.39, 0.29) is 5.75 Å². The Morgan fingerprint density at radius 3 is 2.26 bits per heavy atom. The lowest BCUT2D eigenvalue weighted by Crippen LogP contribution is -1.87. The fourth-order valence-corrected chi connectivity index (χ4v) is 1.68. The van der Waals surface area contributed by atoms with E-state index in [9.17, 15) is 9.90 Å². The molecule has 0 unspecified atom stereocenters. The highest BCUT2D eigenvalue weighted by molar-refractivity contribution is 5.85. The molecular formula is C15H13NO3. The number of carboxylic acid groups (broad SMARTS) is 1. The standard InChI is InChI=1S/C15H13NO3/c16-13-7-6-12(9-14(13)17)11-4-1-10(2-5-11)3-8-15(18)19/h1-9,17H,16H2,(H,18,19)/b8-3+. The Morgan fingerprint density at radius 2 is 1.68 bits per heavy atom. The van der Waals surface area contributed by atoms with Gasteiger partial charge in [0.25, 0.3) is 0 Å². The average Bonchev–Trinajstić information content (AvgIpc) is 2.40. The molecule has 4 nitrogen and oxygen atoms in total. The molecule has 4 N–H and O–H groups in total. The normalized spacial score (nSPS) is 10.7. The number of benzene rings is 2. The lowest BCUT2D eigenvalue weighted by Gasteiger charge is -2.05. The summed E-state index contributed by atoms with van der Waals surface area (Å²) in [5.41, 5.74) is 8.45. The molecule has 0 radical (unpaired) electrons. The van der Waals surface area contributed by atoms with E-state index < -0.39 is 5.97 Å². The number of phenolic OH excluding ortho intramolecular Hbond substituents is 1. The second-order valence-electron chi connectivity index (χ2n) is 4.07. The van der Waals surface area contributed by atoms with E-state index in [1.165, 1.54) is 6.08 Å². The van der Waals surface area contributed by atoms with Crippen LogP contribution in [0.4, 0.5) is 5.69 Å². The third-order valence-electron chi connectivity index (χ3n) is 2.69. The fraction of sp³-hybridized carbons (Fsp3) is 0. The highest BCUT2D eigenvalue weighted by Gasteiger charge is 2.01. The lowest BCUT2D eigenvalue weighted by atomic mass is 10.0. The van der Waals surface area contributed by atoms with Gasteiger partial charge in [-0.15, -0.1) is 0 Å². The molecule has 96 valence electrons. The Labute approximate surface area is 110 Å². The zero-order valence-corrected chi connectivity index (χ0v) is 10.1. The van der Waals surface area contributed by atoms with Gasteiger partial charge >= 0.3 is 5.97 Å². The van der Waals surface area contributed by atoms with Crippen LogP contribution in [-0.4, -0.2) is 16.2 Å². The number of hydrogen-bond donors (Lipinski definition) is 3. The van der Waals surface area contributed by atoms with E-state index in [1.54, 1.807) is 12.1 Å². The van der Waals surface area contributed by atoms with Crippen molar-refractivity contribution in [3.8, 4) is 16.9 Å². The molecule has 2 aromatic rings. The van der Waals surface area contributed by atoms with E-state index in [4.69, 9.17) is 10.8 Å². The van der Waals surface area contributed by atoms with Gasteiger partial charge in [0, 0.05) is 6.08 Å². The number of hydrogen-bond acceptors (Lipinski definition) is 3. The number of aromatic hydroxyl groups is 1. The Bertz CT molecular complexity index is 630. The molecule has 4 heteroatoms.